The molecular formula is C9H16N2S. The second-order valence-corrected chi connectivity index (χ2v) is 4.75. The van der Waals surface area contributed by atoms with E-state index in [0.717, 1.165) is 17.6 Å². The summed E-state index contributed by atoms with van der Waals surface area (Å²) in [7, 11) is 0. The summed E-state index contributed by atoms with van der Waals surface area (Å²) in [6.07, 6.45) is 5.29. The van der Waals surface area contributed by atoms with E-state index < -0.39 is 0 Å². The van der Waals surface area contributed by atoms with Crippen molar-refractivity contribution in [1.29, 1.82) is 0 Å². The minimum Gasteiger partial charge on any atom is -0.362 e. The molecule has 68 valence electrons. The largest absolute Gasteiger partial charge is 0.362 e. The average molecular weight is 184 g/mol. The molecule has 2 rings (SSSR count). The summed E-state index contributed by atoms with van der Waals surface area (Å²) in [5, 5.41) is 7.44. The van der Waals surface area contributed by atoms with E-state index in [-0.39, 0.29) is 0 Å². The van der Waals surface area contributed by atoms with Gasteiger partial charge >= 0.3 is 0 Å². The van der Waals surface area contributed by atoms with Gasteiger partial charge in [0.25, 0.3) is 0 Å². The lowest BCUT2D eigenvalue weighted by atomic mass is 10.3. The van der Waals surface area contributed by atoms with Crippen molar-refractivity contribution in [2.24, 2.45) is 5.92 Å². The lowest BCUT2D eigenvalue weighted by molar-refractivity contribution is 0.645. The van der Waals surface area contributed by atoms with Gasteiger partial charge in [-0.15, -0.1) is 0 Å². The van der Waals surface area contributed by atoms with Gasteiger partial charge in [0.05, 0.1) is 0 Å². The SMILES string of the molecule is CC1(NC(=S)NCC2CC2)CC1. The molecule has 0 aliphatic heterocycles. The van der Waals surface area contributed by atoms with Crippen LogP contribution in [0.5, 0.6) is 0 Å². The van der Waals surface area contributed by atoms with Crippen LogP contribution in [0.1, 0.15) is 32.6 Å². The molecule has 2 saturated carbocycles. The fraction of sp³-hybridized carbons (Fsp3) is 0.889. The zero-order valence-electron chi connectivity index (χ0n) is 7.52. The van der Waals surface area contributed by atoms with Crippen LogP contribution in [0, 0.1) is 5.92 Å². The third kappa shape index (κ3) is 2.34. The maximum absolute atomic E-state index is 5.17. The van der Waals surface area contributed by atoms with E-state index in [1.807, 2.05) is 0 Å². The van der Waals surface area contributed by atoms with E-state index in [1.165, 1.54) is 25.7 Å². The summed E-state index contributed by atoms with van der Waals surface area (Å²) >= 11 is 5.17. The van der Waals surface area contributed by atoms with Crippen molar-refractivity contribution in [2.75, 3.05) is 6.54 Å². The van der Waals surface area contributed by atoms with Crippen molar-refractivity contribution in [1.82, 2.24) is 10.6 Å². The first kappa shape index (κ1) is 8.30. The molecule has 2 nitrogen and oxygen atoms in total. The summed E-state index contributed by atoms with van der Waals surface area (Å²) in [5.41, 5.74) is 0.327. The standard InChI is InChI=1S/C9H16N2S/c1-9(4-5-9)11-8(12)10-6-7-2-3-7/h7H,2-6H2,1H3,(H2,10,11,12). The lowest BCUT2D eigenvalue weighted by Gasteiger charge is -2.14. The molecule has 0 heterocycles. The van der Waals surface area contributed by atoms with Crippen LogP contribution in [0.25, 0.3) is 0 Å². The van der Waals surface area contributed by atoms with Gasteiger partial charge < -0.3 is 10.6 Å². The number of thiocarbonyl (C=S) groups is 1. The second-order valence-electron chi connectivity index (χ2n) is 4.34. The molecule has 0 radical (unpaired) electrons. The zero-order chi connectivity index (χ0) is 8.60. The van der Waals surface area contributed by atoms with Gasteiger partial charge in [-0.3, -0.25) is 0 Å². The highest BCUT2D eigenvalue weighted by molar-refractivity contribution is 7.80. The van der Waals surface area contributed by atoms with Crippen LogP contribution in [0.4, 0.5) is 0 Å². The van der Waals surface area contributed by atoms with Crippen LogP contribution in [-0.4, -0.2) is 17.2 Å². The summed E-state index contributed by atoms with van der Waals surface area (Å²) in [5.74, 6) is 0.900. The molecule has 0 spiro atoms. The molecule has 0 aromatic rings. The average Bonchev–Trinajstić information content (AvgIpc) is 2.83. The van der Waals surface area contributed by atoms with Gasteiger partial charge in [-0.05, 0) is 50.7 Å². The molecule has 2 fully saturated rings. The fourth-order valence-corrected chi connectivity index (χ4v) is 1.52. The van der Waals surface area contributed by atoms with Gasteiger partial charge in [-0.25, -0.2) is 0 Å². The Balaban J connectivity index is 1.62. The van der Waals surface area contributed by atoms with Crippen LogP contribution in [0.3, 0.4) is 0 Å². The quantitative estimate of drug-likeness (QED) is 0.649. The van der Waals surface area contributed by atoms with E-state index in [4.69, 9.17) is 12.2 Å². The maximum Gasteiger partial charge on any atom is 0.166 e. The van der Waals surface area contributed by atoms with Crippen LogP contribution < -0.4 is 10.6 Å². The van der Waals surface area contributed by atoms with E-state index in [2.05, 4.69) is 17.6 Å². The van der Waals surface area contributed by atoms with Crippen LogP contribution in [0.15, 0.2) is 0 Å². The minimum absolute atomic E-state index is 0.327. The van der Waals surface area contributed by atoms with Gasteiger partial charge in [0.2, 0.25) is 0 Å². The number of hydrogen-bond donors (Lipinski definition) is 2. The summed E-state index contributed by atoms with van der Waals surface area (Å²) in [4.78, 5) is 0. The highest BCUT2D eigenvalue weighted by Crippen LogP contribution is 2.34. The Labute approximate surface area is 79.1 Å². The van der Waals surface area contributed by atoms with Crippen molar-refractivity contribution < 1.29 is 0 Å². The molecule has 0 bridgehead atoms. The summed E-state index contributed by atoms with van der Waals surface area (Å²) in [6, 6.07) is 0. The molecule has 0 atom stereocenters. The van der Waals surface area contributed by atoms with E-state index in [1.54, 1.807) is 0 Å². The Morgan fingerprint density at radius 1 is 1.50 bits per heavy atom. The Kier molecular flexibility index (Phi) is 1.99. The molecule has 0 unspecified atom stereocenters. The molecule has 2 aliphatic rings. The van der Waals surface area contributed by atoms with Crippen LogP contribution >= 0.6 is 12.2 Å². The Bertz CT molecular complexity index is 195. The predicted molar refractivity (Wildman–Crippen MR) is 54.1 cm³/mol. The molecule has 0 aromatic heterocycles. The first-order valence-corrected chi connectivity index (χ1v) is 5.15. The molecule has 12 heavy (non-hydrogen) atoms. The Hall–Kier alpha value is -0.310. The number of rotatable bonds is 3. The third-order valence-electron chi connectivity index (χ3n) is 2.66. The third-order valence-corrected chi connectivity index (χ3v) is 2.91. The molecule has 0 saturated heterocycles. The van der Waals surface area contributed by atoms with Gasteiger partial charge in [0.1, 0.15) is 0 Å². The first-order valence-electron chi connectivity index (χ1n) is 4.74. The molecule has 3 heteroatoms. The smallest absolute Gasteiger partial charge is 0.166 e. The summed E-state index contributed by atoms with van der Waals surface area (Å²) < 4.78 is 0. The van der Waals surface area contributed by atoms with Gasteiger partial charge in [-0.2, -0.15) is 0 Å². The van der Waals surface area contributed by atoms with E-state index in [9.17, 15) is 0 Å². The van der Waals surface area contributed by atoms with Crippen LogP contribution in [0.2, 0.25) is 0 Å². The normalized spacial score (nSPS) is 24.8. The van der Waals surface area contributed by atoms with E-state index >= 15 is 0 Å². The predicted octanol–water partition coefficient (Wildman–Crippen LogP) is 1.41. The highest BCUT2D eigenvalue weighted by Gasteiger charge is 2.37. The van der Waals surface area contributed by atoms with Gasteiger partial charge in [-0.1, -0.05) is 0 Å². The van der Waals surface area contributed by atoms with Gasteiger partial charge in [0, 0.05) is 12.1 Å². The minimum atomic E-state index is 0.327. The lowest BCUT2D eigenvalue weighted by Crippen LogP contribution is -2.42. The van der Waals surface area contributed by atoms with Crippen LogP contribution in [-0.2, 0) is 0 Å². The van der Waals surface area contributed by atoms with Gasteiger partial charge in [0.15, 0.2) is 5.11 Å². The molecule has 2 aliphatic carbocycles. The van der Waals surface area contributed by atoms with Crippen molar-refractivity contribution in [3.05, 3.63) is 0 Å². The Morgan fingerprint density at radius 3 is 2.67 bits per heavy atom. The fourth-order valence-electron chi connectivity index (χ4n) is 1.19. The van der Waals surface area contributed by atoms with Crippen molar-refractivity contribution in [2.45, 2.75) is 38.1 Å². The molecular weight excluding hydrogens is 168 g/mol. The maximum atomic E-state index is 5.17. The first-order chi connectivity index (χ1) is 5.68. The Morgan fingerprint density at radius 2 is 2.17 bits per heavy atom. The topological polar surface area (TPSA) is 24.1 Å². The summed E-state index contributed by atoms with van der Waals surface area (Å²) in [6.45, 7) is 3.29. The number of hydrogen-bond acceptors (Lipinski definition) is 1. The highest BCUT2D eigenvalue weighted by atomic mass is 32.1. The van der Waals surface area contributed by atoms with E-state index in [0.29, 0.717) is 5.54 Å². The molecule has 2 N–H and O–H groups in total. The van der Waals surface area contributed by atoms with Crippen molar-refractivity contribution in [3.8, 4) is 0 Å². The number of nitrogens with one attached hydrogen (secondary N) is 2. The molecule has 0 aromatic carbocycles. The zero-order valence-corrected chi connectivity index (χ0v) is 8.34. The monoisotopic (exact) mass is 184 g/mol. The van der Waals surface area contributed by atoms with Crippen molar-refractivity contribution in [3.63, 3.8) is 0 Å². The van der Waals surface area contributed by atoms with Crippen molar-refractivity contribution >= 4 is 17.3 Å². The second kappa shape index (κ2) is 2.87. The molecule has 0 amide bonds.